The maximum absolute atomic E-state index is 10.4. The number of halogens is 1. The Morgan fingerprint density at radius 1 is 1.19 bits per heavy atom. The topological polar surface area (TPSA) is 52.4 Å². The molecule has 1 aromatic rings. The summed E-state index contributed by atoms with van der Waals surface area (Å²) in [5.74, 6) is 1.34. The van der Waals surface area contributed by atoms with Crippen LogP contribution in [0.5, 0.6) is 5.75 Å². The van der Waals surface area contributed by atoms with E-state index in [1.54, 1.807) is 12.1 Å². The Morgan fingerprint density at radius 2 is 1.88 bits per heavy atom. The third-order valence-electron chi connectivity index (χ3n) is 2.09. The van der Waals surface area contributed by atoms with E-state index in [2.05, 4.69) is 0 Å². The van der Waals surface area contributed by atoms with Gasteiger partial charge in [0.2, 0.25) is 0 Å². The molecule has 0 saturated carbocycles. The van der Waals surface area contributed by atoms with Crippen LogP contribution in [-0.2, 0) is 0 Å². The predicted molar refractivity (Wildman–Crippen MR) is 63.2 cm³/mol. The third kappa shape index (κ3) is 4.49. The summed E-state index contributed by atoms with van der Waals surface area (Å²) < 4.78 is 5.42. The number of benzene rings is 1. The summed E-state index contributed by atoms with van der Waals surface area (Å²) in [6.45, 7) is 0.620. The normalized spacial score (nSPS) is 10.1. The van der Waals surface area contributed by atoms with Gasteiger partial charge in [-0.25, -0.2) is 0 Å². The molecular weight excluding hydrogens is 230 g/mol. The van der Waals surface area contributed by atoms with Crippen molar-refractivity contribution in [2.24, 2.45) is 0 Å². The second kappa shape index (κ2) is 7.06. The Morgan fingerprint density at radius 3 is 2.44 bits per heavy atom. The SMILES string of the molecule is O=[N+]([O-])c1ccc(OCCCCCCl)cc1. The monoisotopic (exact) mass is 243 g/mol. The van der Waals surface area contributed by atoms with Crippen LogP contribution in [0, 0.1) is 10.1 Å². The maximum Gasteiger partial charge on any atom is 0.269 e. The van der Waals surface area contributed by atoms with Gasteiger partial charge in [-0.1, -0.05) is 0 Å². The van der Waals surface area contributed by atoms with E-state index < -0.39 is 4.92 Å². The Balaban J connectivity index is 2.29. The van der Waals surface area contributed by atoms with Crippen LogP contribution < -0.4 is 4.74 Å². The van der Waals surface area contributed by atoms with E-state index in [0.29, 0.717) is 18.2 Å². The van der Waals surface area contributed by atoms with Gasteiger partial charge < -0.3 is 4.74 Å². The molecule has 0 fully saturated rings. The summed E-state index contributed by atoms with van der Waals surface area (Å²) in [4.78, 5) is 9.97. The lowest BCUT2D eigenvalue weighted by atomic mass is 10.2. The van der Waals surface area contributed by atoms with Crippen LogP contribution in [0.15, 0.2) is 24.3 Å². The van der Waals surface area contributed by atoms with Gasteiger partial charge in [0, 0.05) is 18.0 Å². The number of hydrogen-bond acceptors (Lipinski definition) is 3. The van der Waals surface area contributed by atoms with Crippen molar-refractivity contribution in [3.63, 3.8) is 0 Å². The van der Waals surface area contributed by atoms with Crippen molar-refractivity contribution >= 4 is 17.3 Å². The van der Waals surface area contributed by atoms with E-state index in [9.17, 15) is 10.1 Å². The van der Waals surface area contributed by atoms with E-state index >= 15 is 0 Å². The summed E-state index contributed by atoms with van der Waals surface area (Å²) >= 11 is 5.54. The summed E-state index contributed by atoms with van der Waals surface area (Å²) in [6.07, 6.45) is 2.98. The van der Waals surface area contributed by atoms with E-state index in [1.165, 1.54) is 12.1 Å². The Hall–Kier alpha value is -1.29. The van der Waals surface area contributed by atoms with Gasteiger partial charge in [-0.05, 0) is 31.4 Å². The number of ether oxygens (including phenoxy) is 1. The first-order chi connectivity index (χ1) is 7.74. The first kappa shape index (κ1) is 12.8. The zero-order valence-electron chi connectivity index (χ0n) is 8.89. The molecule has 0 radical (unpaired) electrons. The van der Waals surface area contributed by atoms with Crippen LogP contribution in [0.4, 0.5) is 5.69 Å². The quantitative estimate of drug-likeness (QED) is 0.319. The number of nitro benzene ring substituents is 1. The van der Waals surface area contributed by atoms with Crippen LogP contribution in [0.2, 0.25) is 0 Å². The summed E-state index contributed by atoms with van der Waals surface area (Å²) in [5.41, 5.74) is 0.0782. The molecule has 0 N–H and O–H groups in total. The highest BCUT2D eigenvalue weighted by Gasteiger charge is 2.03. The molecule has 5 heteroatoms. The van der Waals surface area contributed by atoms with Crippen molar-refractivity contribution in [3.8, 4) is 5.75 Å². The van der Waals surface area contributed by atoms with E-state index in [0.717, 1.165) is 19.3 Å². The zero-order chi connectivity index (χ0) is 11.8. The fourth-order valence-corrected chi connectivity index (χ4v) is 1.42. The molecule has 0 aliphatic carbocycles. The minimum Gasteiger partial charge on any atom is -0.494 e. The summed E-state index contributed by atoms with van der Waals surface area (Å²) in [7, 11) is 0. The molecule has 0 bridgehead atoms. The van der Waals surface area contributed by atoms with Gasteiger partial charge >= 0.3 is 0 Å². The van der Waals surface area contributed by atoms with Crippen LogP contribution in [-0.4, -0.2) is 17.4 Å². The van der Waals surface area contributed by atoms with Gasteiger partial charge in [0.1, 0.15) is 5.75 Å². The average molecular weight is 244 g/mol. The number of nitrogens with zero attached hydrogens (tertiary/aromatic N) is 1. The third-order valence-corrected chi connectivity index (χ3v) is 2.36. The van der Waals surface area contributed by atoms with Crippen molar-refractivity contribution < 1.29 is 9.66 Å². The van der Waals surface area contributed by atoms with Gasteiger partial charge in [-0.3, -0.25) is 10.1 Å². The molecule has 0 atom stereocenters. The van der Waals surface area contributed by atoms with Crippen molar-refractivity contribution in [2.75, 3.05) is 12.5 Å². The molecule has 0 unspecified atom stereocenters. The standard InChI is InChI=1S/C11H14ClNO3/c12-8-2-1-3-9-16-11-6-4-10(5-7-11)13(14)15/h4-7H,1-3,8-9H2. The molecule has 0 amide bonds. The summed E-state index contributed by atoms with van der Waals surface area (Å²) in [5, 5.41) is 10.4. The molecular formula is C11H14ClNO3. The lowest BCUT2D eigenvalue weighted by molar-refractivity contribution is -0.384. The van der Waals surface area contributed by atoms with Crippen LogP contribution >= 0.6 is 11.6 Å². The number of nitro groups is 1. The van der Waals surface area contributed by atoms with Crippen molar-refractivity contribution in [3.05, 3.63) is 34.4 Å². The number of rotatable bonds is 7. The number of non-ortho nitro benzene ring substituents is 1. The fraction of sp³-hybridized carbons (Fsp3) is 0.455. The second-order valence-electron chi connectivity index (χ2n) is 3.35. The average Bonchev–Trinajstić information content (AvgIpc) is 2.29. The van der Waals surface area contributed by atoms with Crippen LogP contribution in [0.1, 0.15) is 19.3 Å². The first-order valence-corrected chi connectivity index (χ1v) is 5.70. The maximum atomic E-state index is 10.4. The van der Waals surface area contributed by atoms with Gasteiger partial charge in [0.15, 0.2) is 0 Å². The van der Waals surface area contributed by atoms with Crippen molar-refractivity contribution in [1.29, 1.82) is 0 Å². The molecule has 0 spiro atoms. The van der Waals surface area contributed by atoms with Crippen molar-refractivity contribution in [2.45, 2.75) is 19.3 Å². The van der Waals surface area contributed by atoms with Crippen LogP contribution in [0.3, 0.4) is 0 Å². The van der Waals surface area contributed by atoms with Gasteiger partial charge in [-0.15, -0.1) is 11.6 Å². The van der Waals surface area contributed by atoms with Gasteiger partial charge in [0.05, 0.1) is 11.5 Å². The summed E-state index contributed by atoms with van der Waals surface area (Å²) in [6, 6.07) is 6.10. The Labute approximate surface area is 99.3 Å². The lowest BCUT2D eigenvalue weighted by Crippen LogP contribution is -1.97. The second-order valence-corrected chi connectivity index (χ2v) is 3.73. The molecule has 0 aliphatic heterocycles. The number of unbranched alkanes of at least 4 members (excludes halogenated alkanes) is 2. The van der Waals surface area contributed by atoms with E-state index in [-0.39, 0.29) is 5.69 Å². The number of hydrogen-bond donors (Lipinski definition) is 0. The molecule has 1 aromatic carbocycles. The lowest BCUT2D eigenvalue weighted by Gasteiger charge is -2.04. The molecule has 4 nitrogen and oxygen atoms in total. The minimum atomic E-state index is -0.426. The highest BCUT2D eigenvalue weighted by atomic mass is 35.5. The molecule has 16 heavy (non-hydrogen) atoms. The highest BCUT2D eigenvalue weighted by molar-refractivity contribution is 6.17. The largest absolute Gasteiger partial charge is 0.494 e. The smallest absolute Gasteiger partial charge is 0.269 e. The van der Waals surface area contributed by atoms with E-state index in [1.807, 2.05) is 0 Å². The molecule has 0 saturated heterocycles. The van der Waals surface area contributed by atoms with Crippen LogP contribution in [0.25, 0.3) is 0 Å². The van der Waals surface area contributed by atoms with Gasteiger partial charge in [-0.2, -0.15) is 0 Å². The molecule has 0 heterocycles. The highest BCUT2D eigenvalue weighted by Crippen LogP contribution is 2.17. The molecule has 88 valence electrons. The predicted octanol–water partition coefficient (Wildman–Crippen LogP) is 3.38. The van der Waals surface area contributed by atoms with E-state index in [4.69, 9.17) is 16.3 Å². The molecule has 0 aliphatic rings. The van der Waals surface area contributed by atoms with Crippen molar-refractivity contribution in [1.82, 2.24) is 0 Å². The minimum absolute atomic E-state index is 0.0782. The molecule has 0 aromatic heterocycles. The zero-order valence-corrected chi connectivity index (χ0v) is 9.65. The first-order valence-electron chi connectivity index (χ1n) is 5.17. The Kier molecular flexibility index (Phi) is 5.64. The fourth-order valence-electron chi connectivity index (χ4n) is 1.23. The number of alkyl halides is 1. The Bertz CT molecular complexity index is 327. The molecule has 1 rings (SSSR count). The van der Waals surface area contributed by atoms with Gasteiger partial charge in [0.25, 0.3) is 5.69 Å².